The highest BCUT2D eigenvalue weighted by molar-refractivity contribution is 5.38. The van der Waals surface area contributed by atoms with Crippen LogP contribution in [0.1, 0.15) is 37.7 Å². The van der Waals surface area contributed by atoms with Gasteiger partial charge in [0.2, 0.25) is 0 Å². The summed E-state index contributed by atoms with van der Waals surface area (Å²) in [6.07, 6.45) is 2.61. The lowest BCUT2D eigenvalue weighted by molar-refractivity contribution is 0.108. The van der Waals surface area contributed by atoms with Gasteiger partial charge < -0.3 is 9.84 Å². The second-order valence-electron chi connectivity index (χ2n) is 4.14. The van der Waals surface area contributed by atoms with Crippen molar-refractivity contribution in [2.45, 2.75) is 38.2 Å². The minimum atomic E-state index is -0.222. The van der Waals surface area contributed by atoms with Gasteiger partial charge in [-0.25, -0.2) is 0 Å². The molecule has 2 heteroatoms. The molecule has 0 saturated carbocycles. The zero-order valence-electron chi connectivity index (χ0n) is 9.15. The van der Waals surface area contributed by atoms with Gasteiger partial charge in [0.05, 0.1) is 12.7 Å². The number of aliphatic hydroxyl groups excluding tert-OH is 1. The molecule has 2 rings (SSSR count). The number of aliphatic hydroxyl groups is 1. The van der Waals surface area contributed by atoms with Crippen LogP contribution in [0.15, 0.2) is 24.3 Å². The van der Waals surface area contributed by atoms with Crippen LogP contribution in [0.5, 0.6) is 5.75 Å². The fraction of sp³-hybridized carbons (Fsp3) is 0.538. The average molecular weight is 206 g/mol. The first-order valence-electron chi connectivity index (χ1n) is 5.72. The second-order valence-corrected chi connectivity index (χ2v) is 4.14. The summed E-state index contributed by atoms with van der Waals surface area (Å²) in [5.41, 5.74) is 1.17. The van der Waals surface area contributed by atoms with Crippen LogP contribution < -0.4 is 4.74 Å². The Morgan fingerprint density at radius 2 is 2.27 bits per heavy atom. The van der Waals surface area contributed by atoms with E-state index in [1.807, 2.05) is 18.2 Å². The van der Waals surface area contributed by atoms with Crippen molar-refractivity contribution in [3.63, 3.8) is 0 Å². The SMILES string of the molecule is CCC[C@@H](O)C1CCOc2ccccc21. The maximum Gasteiger partial charge on any atom is 0.122 e. The summed E-state index contributed by atoms with van der Waals surface area (Å²) in [5.74, 6) is 1.21. The largest absolute Gasteiger partial charge is 0.493 e. The minimum absolute atomic E-state index is 0.222. The average Bonchev–Trinajstić information content (AvgIpc) is 2.28. The quantitative estimate of drug-likeness (QED) is 0.824. The minimum Gasteiger partial charge on any atom is -0.493 e. The Morgan fingerprint density at radius 3 is 3.07 bits per heavy atom. The molecular formula is C13H18O2. The van der Waals surface area contributed by atoms with E-state index in [0.717, 1.165) is 31.6 Å². The zero-order chi connectivity index (χ0) is 10.7. The first-order chi connectivity index (χ1) is 7.33. The molecule has 0 aromatic heterocycles. The van der Waals surface area contributed by atoms with Gasteiger partial charge in [-0.15, -0.1) is 0 Å². The summed E-state index contributed by atoms with van der Waals surface area (Å²) < 4.78 is 5.57. The number of para-hydroxylation sites is 1. The highest BCUT2D eigenvalue weighted by Gasteiger charge is 2.26. The summed E-state index contributed by atoms with van der Waals surface area (Å²) in [6, 6.07) is 8.05. The molecule has 1 heterocycles. The van der Waals surface area contributed by atoms with Crippen LogP contribution in [0.25, 0.3) is 0 Å². The third-order valence-electron chi connectivity index (χ3n) is 3.05. The molecule has 1 aromatic rings. The number of hydrogen-bond donors (Lipinski definition) is 1. The van der Waals surface area contributed by atoms with Crippen LogP contribution in [-0.2, 0) is 0 Å². The van der Waals surface area contributed by atoms with Gasteiger partial charge in [-0.05, 0) is 24.5 Å². The third kappa shape index (κ3) is 2.15. The predicted octanol–water partition coefficient (Wildman–Crippen LogP) is 2.71. The van der Waals surface area contributed by atoms with Gasteiger partial charge in [0, 0.05) is 5.92 Å². The molecule has 1 aliphatic heterocycles. The van der Waals surface area contributed by atoms with Gasteiger partial charge in [-0.3, -0.25) is 0 Å². The van der Waals surface area contributed by atoms with E-state index in [1.54, 1.807) is 0 Å². The van der Waals surface area contributed by atoms with Gasteiger partial charge in [-0.1, -0.05) is 31.5 Å². The summed E-state index contributed by atoms with van der Waals surface area (Å²) >= 11 is 0. The molecule has 0 saturated heterocycles. The van der Waals surface area contributed by atoms with Gasteiger partial charge in [0.25, 0.3) is 0 Å². The van der Waals surface area contributed by atoms with Gasteiger partial charge in [0.15, 0.2) is 0 Å². The molecule has 0 aliphatic carbocycles. The number of benzene rings is 1. The second kappa shape index (κ2) is 4.67. The van der Waals surface area contributed by atoms with Crippen LogP contribution in [-0.4, -0.2) is 17.8 Å². The Bertz CT molecular complexity index is 322. The van der Waals surface area contributed by atoms with Gasteiger partial charge >= 0.3 is 0 Å². The Hall–Kier alpha value is -1.02. The molecular weight excluding hydrogens is 188 g/mol. The summed E-state index contributed by atoms with van der Waals surface area (Å²) in [6.45, 7) is 2.83. The predicted molar refractivity (Wildman–Crippen MR) is 60.2 cm³/mol. The number of ether oxygens (including phenoxy) is 1. The number of fused-ring (bicyclic) bond motifs is 1. The van der Waals surface area contributed by atoms with Crippen molar-refractivity contribution >= 4 is 0 Å². The molecule has 1 aliphatic rings. The lowest BCUT2D eigenvalue weighted by atomic mass is 9.86. The highest BCUT2D eigenvalue weighted by atomic mass is 16.5. The number of hydrogen-bond acceptors (Lipinski definition) is 2. The van der Waals surface area contributed by atoms with E-state index >= 15 is 0 Å². The van der Waals surface area contributed by atoms with E-state index in [2.05, 4.69) is 13.0 Å². The molecule has 0 spiro atoms. The Kier molecular flexibility index (Phi) is 3.27. The highest BCUT2D eigenvalue weighted by Crippen LogP contribution is 2.36. The summed E-state index contributed by atoms with van der Waals surface area (Å²) in [7, 11) is 0. The van der Waals surface area contributed by atoms with Crippen molar-refractivity contribution in [3.8, 4) is 5.75 Å². The monoisotopic (exact) mass is 206 g/mol. The van der Waals surface area contributed by atoms with E-state index in [-0.39, 0.29) is 12.0 Å². The molecule has 2 nitrogen and oxygen atoms in total. The zero-order valence-corrected chi connectivity index (χ0v) is 9.15. The van der Waals surface area contributed by atoms with Crippen LogP contribution >= 0.6 is 0 Å². The molecule has 0 radical (unpaired) electrons. The molecule has 0 amide bonds. The van der Waals surface area contributed by atoms with E-state index in [0.29, 0.717) is 0 Å². The van der Waals surface area contributed by atoms with E-state index in [1.165, 1.54) is 5.56 Å². The maximum atomic E-state index is 10.1. The molecule has 0 bridgehead atoms. The first-order valence-corrected chi connectivity index (χ1v) is 5.72. The molecule has 1 aromatic carbocycles. The van der Waals surface area contributed by atoms with Crippen molar-refractivity contribution < 1.29 is 9.84 Å². The van der Waals surface area contributed by atoms with Crippen LogP contribution in [0, 0.1) is 0 Å². The first kappa shape index (κ1) is 10.5. The Morgan fingerprint density at radius 1 is 1.47 bits per heavy atom. The van der Waals surface area contributed by atoms with E-state index < -0.39 is 0 Å². The third-order valence-corrected chi connectivity index (χ3v) is 3.05. The van der Waals surface area contributed by atoms with Crippen molar-refractivity contribution in [2.24, 2.45) is 0 Å². The lowest BCUT2D eigenvalue weighted by Gasteiger charge is -2.29. The normalized spacial score (nSPS) is 21.6. The van der Waals surface area contributed by atoms with Crippen molar-refractivity contribution in [3.05, 3.63) is 29.8 Å². The molecule has 1 N–H and O–H groups in total. The fourth-order valence-corrected chi connectivity index (χ4v) is 2.27. The number of rotatable bonds is 3. The Labute approximate surface area is 90.9 Å². The molecule has 15 heavy (non-hydrogen) atoms. The topological polar surface area (TPSA) is 29.5 Å². The van der Waals surface area contributed by atoms with Crippen molar-refractivity contribution in [2.75, 3.05) is 6.61 Å². The van der Waals surface area contributed by atoms with E-state index in [4.69, 9.17) is 4.74 Å². The van der Waals surface area contributed by atoms with Gasteiger partial charge in [0.1, 0.15) is 5.75 Å². The van der Waals surface area contributed by atoms with Crippen LogP contribution in [0.4, 0.5) is 0 Å². The lowest BCUT2D eigenvalue weighted by Crippen LogP contribution is -2.24. The molecule has 82 valence electrons. The fourth-order valence-electron chi connectivity index (χ4n) is 2.27. The summed E-state index contributed by atoms with van der Waals surface area (Å²) in [4.78, 5) is 0. The molecule has 1 unspecified atom stereocenters. The molecule has 0 fully saturated rings. The van der Waals surface area contributed by atoms with Crippen molar-refractivity contribution in [1.29, 1.82) is 0 Å². The van der Waals surface area contributed by atoms with Crippen LogP contribution in [0.3, 0.4) is 0 Å². The standard InChI is InChI=1S/C13H18O2/c1-2-5-12(14)10-8-9-15-13-7-4-3-6-11(10)13/h3-4,6-7,10,12,14H,2,5,8-9H2,1H3/t10?,12-/m1/s1. The summed E-state index contributed by atoms with van der Waals surface area (Å²) in [5, 5.41) is 10.1. The van der Waals surface area contributed by atoms with E-state index in [9.17, 15) is 5.11 Å². The smallest absolute Gasteiger partial charge is 0.122 e. The van der Waals surface area contributed by atoms with Gasteiger partial charge in [-0.2, -0.15) is 0 Å². The van der Waals surface area contributed by atoms with Crippen molar-refractivity contribution in [1.82, 2.24) is 0 Å². The Balaban J connectivity index is 2.21. The van der Waals surface area contributed by atoms with Crippen LogP contribution in [0.2, 0.25) is 0 Å². The molecule has 2 atom stereocenters. The maximum absolute atomic E-state index is 10.1.